The summed E-state index contributed by atoms with van der Waals surface area (Å²) in [6, 6.07) is 0. The predicted molar refractivity (Wildman–Crippen MR) is 372 cm³/mol. The first-order valence-corrected chi connectivity index (χ1v) is 41.0. The lowest BCUT2D eigenvalue weighted by Crippen LogP contribution is -2.30. The zero-order valence-electron chi connectivity index (χ0n) is 59.9. The first-order valence-electron chi connectivity index (χ1n) is 38.0. The highest BCUT2D eigenvalue weighted by molar-refractivity contribution is 7.47. The van der Waals surface area contributed by atoms with E-state index in [1.807, 2.05) is 0 Å². The second-order valence-corrected chi connectivity index (χ2v) is 30.2. The topological polar surface area (TPSA) is 237 Å². The Hall–Kier alpha value is -1.94. The highest BCUT2D eigenvalue weighted by atomic mass is 31.2. The van der Waals surface area contributed by atoms with Crippen molar-refractivity contribution < 1.29 is 80.2 Å². The van der Waals surface area contributed by atoms with Gasteiger partial charge >= 0.3 is 39.5 Å². The Labute approximate surface area is 562 Å². The van der Waals surface area contributed by atoms with Crippen LogP contribution in [0.3, 0.4) is 0 Å². The average Bonchev–Trinajstić information content (AvgIpc) is 3.65. The molecule has 0 amide bonds. The number of hydrogen-bond acceptors (Lipinski definition) is 15. The second-order valence-electron chi connectivity index (χ2n) is 27.3. The summed E-state index contributed by atoms with van der Waals surface area (Å²) < 4.78 is 68.4. The molecule has 0 saturated carbocycles. The number of aliphatic hydroxyl groups excluding tert-OH is 1. The second kappa shape index (κ2) is 65.0. The van der Waals surface area contributed by atoms with Crippen LogP contribution in [0.15, 0.2) is 0 Å². The van der Waals surface area contributed by atoms with Crippen molar-refractivity contribution in [1.82, 2.24) is 0 Å². The monoisotopic (exact) mass is 1350 g/mol. The number of phosphoric acid groups is 2. The fourth-order valence-electron chi connectivity index (χ4n) is 11.1. The van der Waals surface area contributed by atoms with Crippen LogP contribution in [0.1, 0.15) is 375 Å². The normalized spacial score (nSPS) is 14.1. The first kappa shape index (κ1) is 90.1. The number of rotatable bonds is 72. The molecule has 0 radical (unpaired) electrons. The number of carbonyl (C=O) groups excluding carboxylic acids is 4. The van der Waals surface area contributed by atoms with Crippen molar-refractivity contribution in [3.8, 4) is 0 Å². The summed E-state index contributed by atoms with van der Waals surface area (Å²) in [5, 5.41) is 10.6. The van der Waals surface area contributed by atoms with Crippen molar-refractivity contribution in [2.45, 2.75) is 394 Å². The number of carbonyl (C=O) groups is 4. The van der Waals surface area contributed by atoms with Gasteiger partial charge in [-0.3, -0.25) is 37.3 Å². The number of unbranched alkanes of at least 4 members (excludes halogenated alkanes) is 42. The van der Waals surface area contributed by atoms with Crippen LogP contribution in [0.25, 0.3) is 0 Å². The molecule has 0 aromatic heterocycles. The Morgan fingerprint density at radius 2 is 0.500 bits per heavy atom. The molecule has 0 heterocycles. The van der Waals surface area contributed by atoms with Gasteiger partial charge in [-0.1, -0.05) is 324 Å². The van der Waals surface area contributed by atoms with E-state index < -0.39 is 97.5 Å². The van der Waals surface area contributed by atoms with E-state index in [2.05, 4.69) is 41.5 Å². The predicted octanol–water partition coefficient (Wildman–Crippen LogP) is 21.2. The maximum absolute atomic E-state index is 13.1. The molecule has 19 heteroatoms. The average molecular weight is 1350 g/mol. The molecule has 2 unspecified atom stereocenters. The standard InChI is InChI=1S/C73H142O17P2/c1-7-9-11-13-15-17-18-19-23-26-32-38-44-50-56-71(76)84-62-69(90-72(77)57-51-45-39-33-27-24-21-20-22-25-30-35-41-47-53-65(3)4)64-88-92(81,82)86-60-67(74)59-85-91(79,80)87-63-68(61-83-70(75)55-49-43-37-16-14-12-10-8-2)89-73(78)58-52-46-40-34-29-28-31-36-42-48-54-66(5)6/h65-69,74H,7-64H2,1-6H3,(H,79,80)(H,81,82)/t67-,68+,69+/m0/s1. The smallest absolute Gasteiger partial charge is 0.462 e. The van der Waals surface area contributed by atoms with E-state index in [1.54, 1.807) is 0 Å². The molecule has 0 aliphatic carbocycles. The van der Waals surface area contributed by atoms with Crippen LogP contribution in [0.4, 0.5) is 0 Å². The van der Waals surface area contributed by atoms with Crippen molar-refractivity contribution in [1.29, 1.82) is 0 Å². The maximum atomic E-state index is 13.1. The van der Waals surface area contributed by atoms with Crippen LogP contribution in [0, 0.1) is 11.8 Å². The highest BCUT2D eigenvalue weighted by Gasteiger charge is 2.30. The van der Waals surface area contributed by atoms with Crippen LogP contribution in [0.5, 0.6) is 0 Å². The molecule has 0 aromatic carbocycles. The van der Waals surface area contributed by atoms with Gasteiger partial charge in [0.2, 0.25) is 0 Å². The molecule has 0 aliphatic rings. The Morgan fingerprint density at radius 1 is 0.293 bits per heavy atom. The number of hydrogen-bond donors (Lipinski definition) is 3. The van der Waals surface area contributed by atoms with Crippen LogP contribution in [-0.4, -0.2) is 96.7 Å². The fraction of sp³-hybridized carbons (Fsp3) is 0.945. The zero-order valence-corrected chi connectivity index (χ0v) is 61.6. The third-order valence-electron chi connectivity index (χ3n) is 17.0. The van der Waals surface area contributed by atoms with E-state index in [-0.39, 0.29) is 25.7 Å². The Bertz CT molecular complexity index is 1790. The lowest BCUT2D eigenvalue weighted by molar-refractivity contribution is -0.161. The number of ether oxygens (including phenoxy) is 4. The minimum Gasteiger partial charge on any atom is -0.462 e. The summed E-state index contributed by atoms with van der Waals surface area (Å²) in [5.41, 5.74) is 0. The highest BCUT2D eigenvalue weighted by Crippen LogP contribution is 2.45. The summed E-state index contributed by atoms with van der Waals surface area (Å²) in [6.45, 7) is 9.56. The van der Waals surface area contributed by atoms with Gasteiger partial charge in [0, 0.05) is 25.7 Å². The van der Waals surface area contributed by atoms with Gasteiger partial charge in [0.1, 0.15) is 19.3 Å². The SMILES string of the molecule is CCCCCCCCCCCCCCCCC(=O)OC[C@H](COP(=O)(O)OC[C@@H](O)COP(=O)(O)OC[C@@H](COC(=O)CCCCCCCCCC)OC(=O)CCCCCCCCCCCCC(C)C)OC(=O)CCCCCCCCCCCCCCCCC(C)C. The van der Waals surface area contributed by atoms with Crippen LogP contribution >= 0.6 is 15.6 Å². The van der Waals surface area contributed by atoms with Gasteiger partial charge in [0.15, 0.2) is 12.2 Å². The van der Waals surface area contributed by atoms with Gasteiger partial charge in [0.05, 0.1) is 26.4 Å². The quantitative estimate of drug-likeness (QED) is 0.0222. The van der Waals surface area contributed by atoms with Crippen molar-refractivity contribution in [2.24, 2.45) is 11.8 Å². The lowest BCUT2D eigenvalue weighted by atomic mass is 10.0. The van der Waals surface area contributed by atoms with Crippen molar-refractivity contribution in [3.63, 3.8) is 0 Å². The summed E-state index contributed by atoms with van der Waals surface area (Å²) >= 11 is 0. The van der Waals surface area contributed by atoms with Gasteiger partial charge < -0.3 is 33.8 Å². The third kappa shape index (κ3) is 66.7. The molecular weight excluding hydrogens is 1210 g/mol. The maximum Gasteiger partial charge on any atom is 0.472 e. The summed E-state index contributed by atoms with van der Waals surface area (Å²) in [7, 11) is -9.90. The molecule has 0 fully saturated rings. The van der Waals surface area contributed by atoms with E-state index >= 15 is 0 Å². The first-order chi connectivity index (χ1) is 44.4. The van der Waals surface area contributed by atoms with Gasteiger partial charge in [-0.2, -0.15) is 0 Å². The lowest BCUT2D eigenvalue weighted by Gasteiger charge is -2.21. The molecular formula is C73H142O17P2. The van der Waals surface area contributed by atoms with Gasteiger partial charge in [0.25, 0.3) is 0 Å². The van der Waals surface area contributed by atoms with Gasteiger partial charge in [-0.05, 0) is 37.5 Å². The van der Waals surface area contributed by atoms with E-state index in [1.165, 1.54) is 186 Å². The summed E-state index contributed by atoms with van der Waals surface area (Å²) in [6.07, 6.45) is 51.3. The van der Waals surface area contributed by atoms with Crippen molar-refractivity contribution in [2.75, 3.05) is 39.6 Å². The van der Waals surface area contributed by atoms with Gasteiger partial charge in [-0.25, -0.2) is 9.13 Å². The Balaban J connectivity index is 5.22. The molecule has 0 spiro atoms. The Kier molecular flexibility index (Phi) is 63.7. The molecule has 0 aromatic rings. The van der Waals surface area contributed by atoms with Crippen molar-refractivity contribution >= 4 is 39.5 Å². The fourth-order valence-corrected chi connectivity index (χ4v) is 12.7. The molecule has 0 saturated heterocycles. The molecule has 0 bridgehead atoms. The van der Waals surface area contributed by atoms with Gasteiger partial charge in [-0.15, -0.1) is 0 Å². The Morgan fingerprint density at radius 3 is 0.739 bits per heavy atom. The van der Waals surface area contributed by atoms with Crippen molar-refractivity contribution in [3.05, 3.63) is 0 Å². The minimum absolute atomic E-state index is 0.106. The summed E-state index contributed by atoms with van der Waals surface area (Å²) in [4.78, 5) is 72.6. The number of aliphatic hydroxyl groups is 1. The number of phosphoric ester groups is 2. The van der Waals surface area contributed by atoms with E-state index in [4.69, 9.17) is 37.0 Å². The molecule has 17 nitrogen and oxygen atoms in total. The molecule has 5 atom stereocenters. The van der Waals surface area contributed by atoms with Crippen LogP contribution in [0.2, 0.25) is 0 Å². The third-order valence-corrected chi connectivity index (χ3v) is 18.9. The molecule has 3 N–H and O–H groups in total. The van der Waals surface area contributed by atoms with Crippen LogP contribution in [-0.2, 0) is 65.4 Å². The molecule has 0 rings (SSSR count). The van der Waals surface area contributed by atoms with E-state index in [9.17, 15) is 43.2 Å². The van der Waals surface area contributed by atoms with E-state index in [0.29, 0.717) is 25.7 Å². The minimum atomic E-state index is -4.95. The zero-order chi connectivity index (χ0) is 67.9. The molecule has 546 valence electrons. The molecule has 0 aliphatic heterocycles. The van der Waals surface area contributed by atoms with Crippen LogP contribution < -0.4 is 0 Å². The molecule has 92 heavy (non-hydrogen) atoms. The van der Waals surface area contributed by atoms with E-state index in [0.717, 1.165) is 108 Å². The number of esters is 4. The largest absolute Gasteiger partial charge is 0.472 e. The summed E-state index contributed by atoms with van der Waals surface area (Å²) in [5.74, 6) is -0.573.